The number of hydrogen-bond donors (Lipinski definition) is 0. The summed E-state index contributed by atoms with van der Waals surface area (Å²) in [5.74, 6) is -0.772. The van der Waals surface area contributed by atoms with E-state index in [1.54, 1.807) is 13.8 Å². The lowest BCUT2D eigenvalue weighted by molar-refractivity contribution is -0.0182. The van der Waals surface area contributed by atoms with Crippen molar-refractivity contribution >= 4 is 16.0 Å². The maximum Gasteiger partial charge on any atom is 0.338 e. The van der Waals surface area contributed by atoms with Gasteiger partial charge in [-0.25, -0.2) is 17.6 Å². The lowest BCUT2D eigenvalue weighted by Gasteiger charge is -2.21. The number of hydrogen-bond acceptors (Lipinski definition) is 6. The van der Waals surface area contributed by atoms with Crippen molar-refractivity contribution in [2.75, 3.05) is 19.9 Å². The molecule has 0 spiro atoms. The Balaban J connectivity index is 1.78. The van der Waals surface area contributed by atoms with E-state index in [4.69, 9.17) is 14.2 Å². The number of carbonyl (C=O) groups is 1. The molecule has 1 aliphatic heterocycles. The number of sulfonamides is 1. The van der Waals surface area contributed by atoms with E-state index >= 15 is 0 Å². The largest absolute Gasteiger partial charge is 0.467 e. The Labute approximate surface area is 169 Å². The van der Waals surface area contributed by atoms with Gasteiger partial charge in [0, 0.05) is 24.2 Å². The first kappa shape index (κ1) is 21.2. The Hall–Kier alpha value is -2.49. The number of benzene rings is 2. The molecule has 2 aromatic rings. The van der Waals surface area contributed by atoms with E-state index in [9.17, 15) is 17.6 Å². The molecular formula is C20H22FNO6S. The molecule has 0 N–H and O–H groups in total. The molecule has 0 radical (unpaired) electrons. The Morgan fingerprint density at radius 3 is 2.69 bits per heavy atom. The number of fused-ring (bicyclic) bond motifs is 1. The third kappa shape index (κ3) is 4.58. The lowest BCUT2D eigenvalue weighted by Crippen LogP contribution is -2.30. The number of nitrogens with zero attached hydrogens (tertiary/aromatic N) is 1. The molecule has 2 aromatic carbocycles. The van der Waals surface area contributed by atoms with Crippen LogP contribution in [0.3, 0.4) is 0 Å². The van der Waals surface area contributed by atoms with Gasteiger partial charge in [0.05, 0.1) is 17.1 Å². The highest BCUT2D eigenvalue weighted by Gasteiger charge is 2.23. The molecule has 7 nitrogen and oxygen atoms in total. The fourth-order valence-electron chi connectivity index (χ4n) is 3.09. The molecular weight excluding hydrogens is 401 g/mol. The smallest absolute Gasteiger partial charge is 0.338 e. The van der Waals surface area contributed by atoms with Crippen LogP contribution in [0.25, 0.3) is 0 Å². The third-order valence-electron chi connectivity index (χ3n) is 4.52. The van der Waals surface area contributed by atoms with Gasteiger partial charge < -0.3 is 14.2 Å². The van der Waals surface area contributed by atoms with Crippen LogP contribution in [0.5, 0.6) is 5.75 Å². The van der Waals surface area contributed by atoms with Crippen molar-refractivity contribution in [3.63, 3.8) is 0 Å². The summed E-state index contributed by atoms with van der Waals surface area (Å²) in [6.45, 7) is 4.15. The highest BCUT2D eigenvalue weighted by atomic mass is 32.2. The zero-order valence-corrected chi connectivity index (χ0v) is 17.0. The fourth-order valence-corrected chi connectivity index (χ4v) is 4.59. The van der Waals surface area contributed by atoms with Crippen LogP contribution in [0.15, 0.2) is 41.3 Å². The van der Waals surface area contributed by atoms with Gasteiger partial charge >= 0.3 is 5.97 Å². The van der Waals surface area contributed by atoms with Crippen LogP contribution < -0.4 is 4.74 Å². The minimum atomic E-state index is -3.70. The van der Waals surface area contributed by atoms with Crippen molar-refractivity contribution < 1.29 is 31.8 Å². The van der Waals surface area contributed by atoms with E-state index in [1.807, 2.05) is 0 Å². The molecule has 0 aromatic heterocycles. The van der Waals surface area contributed by atoms with Crippen LogP contribution in [0.2, 0.25) is 0 Å². The van der Waals surface area contributed by atoms with E-state index in [2.05, 4.69) is 0 Å². The second kappa shape index (κ2) is 8.89. The zero-order valence-electron chi connectivity index (χ0n) is 16.2. The Kier molecular flexibility index (Phi) is 6.51. The van der Waals surface area contributed by atoms with Gasteiger partial charge in [-0.2, -0.15) is 4.31 Å². The molecule has 0 saturated heterocycles. The van der Waals surface area contributed by atoms with Gasteiger partial charge in [0.1, 0.15) is 18.2 Å². The van der Waals surface area contributed by atoms with Gasteiger partial charge in [-0.05, 0) is 30.3 Å². The molecule has 3 rings (SSSR count). The third-order valence-corrected chi connectivity index (χ3v) is 6.57. The van der Waals surface area contributed by atoms with E-state index in [-0.39, 0.29) is 30.5 Å². The minimum Gasteiger partial charge on any atom is -0.467 e. The van der Waals surface area contributed by atoms with Crippen molar-refractivity contribution in [1.82, 2.24) is 4.31 Å². The first-order chi connectivity index (χ1) is 13.9. The SMILES string of the molecule is CCN(CC)S(=O)(=O)c1cccc(C(=O)OCc2cc(F)cc3c2OCOC3)c1. The molecule has 1 heterocycles. The van der Waals surface area contributed by atoms with Gasteiger partial charge in [-0.1, -0.05) is 19.9 Å². The molecule has 0 unspecified atom stereocenters. The molecule has 9 heteroatoms. The van der Waals surface area contributed by atoms with Crippen molar-refractivity contribution in [1.29, 1.82) is 0 Å². The Morgan fingerprint density at radius 1 is 1.21 bits per heavy atom. The first-order valence-electron chi connectivity index (χ1n) is 9.16. The summed E-state index contributed by atoms with van der Waals surface area (Å²) >= 11 is 0. The summed E-state index contributed by atoms with van der Waals surface area (Å²) in [6, 6.07) is 8.20. The van der Waals surface area contributed by atoms with Gasteiger partial charge in [0.2, 0.25) is 10.0 Å². The highest BCUT2D eigenvalue weighted by Crippen LogP contribution is 2.30. The predicted octanol–water partition coefficient (Wildman–Crippen LogP) is 3.08. The number of ether oxygens (including phenoxy) is 3. The number of rotatable bonds is 7. The molecule has 0 amide bonds. The zero-order chi connectivity index (χ0) is 21.0. The first-order valence-corrected chi connectivity index (χ1v) is 10.6. The summed E-state index contributed by atoms with van der Waals surface area (Å²) in [5, 5.41) is 0. The van der Waals surface area contributed by atoms with Gasteiger partial charge in [-0.15, -0.1) is 0 Å². The second-order valence-corrected chi connectivity index (χ2v) is 8.30. The Morgan fingerprint density at radius 2 is 1.97 bits per heavy atom. The number of halogens is 1. The van der Waals surface area contributed by atoms with E-state index in [0.29, 0.717) is 30.0 Å². The van der Waals surface area contributed by atoms with Gasteiger partial charge in [0.25, 0.3) is 0 Å². The van der Waals surface area contributed by atoms with Gasteiger partial charge in [0.15, 0.2) is 6.79 Å². The molecule has 0 aliphatic carbocycles. The molecule has 29 heavy (non-hydrogen) atoms. The number of esters is 1. The topological polar surface area (TPSA) is 82.1 Å². The van der Waals surface area contributed by atoms with Crippen LogP contribution >= 0.6 is 0 Å². The van der Waals surface area contributed by atoms with Crippen molar-refractivity contribution in [3.8, 4) is 5.75 Å². The maximum atomic E-state index is 13.8. The predicted molar refractivity (Wildman–Crippen MR) is 102 cm³/mol. The van der Waals surface area contributed by atoms with Crippen LogP contribution in [0.1, 0.15) is 35.3 Å². The summed E-state index contributed by atoms with van der Waals surface area (Å²) in [4.78, 5) is 12.5. The molecule has 0 atom stereocenters. The van der Waals surface area contributed by atoms with Crippen molar-refractivity contribution in [2.45, 2.75) is 32.0 Å². The van der Waals surface area contributed by atoms with Crippen molar-refractivity contribution in [2.24, 2.45) is 0 Å². The van der Waals surface area contributed by atoms with E-state index < -0.39 is 21.8 Å². The van der Waals surface area contributed by atoms with E-state index in [0.717, 1.165) is 0 Å². The van der Waals surface area contributed by atoms with Crippen LogP contribution in [-0.4, -0.2) is 38.6 Å². The summed E-state index contributed by atoms with van der Waals surface area (Å²) < 4.78 is 56.2. The summed E-state index contributed by atoms with van der Waals surface area (Å²) in [5.41, 5.74) is 1.01. The normalized spacial score (nSPS) is 13.7. The van der Waals surface area contributed by atoms with E-state index in [1.165, 1.54) is 40.7 Å². The van der Waals surface area contributed by atoms with Gasteiger partial charge in [-0.3, -0.25) is 0 Å². The molecule has 0 bridgehead atoms. The summed E-state index contributed by atoms with van der Waals surface area (Å²) in [6.07, 6.45) is 0. The quantitative estimate of drug-likeness (QED) is 0.637. The molecule has 0 fully saturated rings. The van der Waals surface area contributed by atoms with Crippen LogP contribution in [-0.2, 0) is 32.7 Å². The average Bonchev–Trinajstić information content (AvgIpc) is 2.72. The van der Waals surface area contributed by atoms with Crippen LogP contribution in [0, 0.1) is 5.82 Å². The molecule has 156 valence electrons. The molecule has 1 aliphatic rings. The number of carbonyl (C=O) groups excluding carboxylic acids is 1. The Bertz CT molecular complexity index is 1000. The molecule has 0 saturated carbocycles. The average molecular weight is 423 g/mol. The monoisotopic (exact) mass is 423 g/mol. The lowest BCUT2D eigenvalue weighted by atomic mass is 10.1. The summed E-state index contributed by atoms with van der Waals surface area (Å²) in [7, 11) is -3.70. The maximum absolute atomic E-state index is 13.8. The standard InChI is InChI=1S/C20H22FNO6S/c1-3-22(4-2)29(24,25)18-7-5-6-14(10-18)20(23)27-12-16-9-17(21)8-15-11-26-13-28-19(15)16/h5-10H,3-4,11-13H2,1-2H3. The second-order valence-electron chi connectivity index (χ2n) is 6.36. The fraction of sp³-hybridized carbons (Fsp3) is 0.350. The van der Waals surface area contributed by atoms with Crippen LogP contribution in [0.4, 0.5) is 4.39 Å². The minimum absolute atomic E-state index is 0.0132. The van der Waals surface area contributed by atoms with Crippen molar-refractivity contribution in [3.05, 3.63) is 58.9 Å². The highest BCUT2D eigenvalue weighted by molar-refractivity contribution is 7.89.